The summed E-state index contributed by atoms with van der Waals surface area (Å²) in [5.74, 6) is 0.343. The molecule has 1 aromatic rings. The van der Waals surface area contributed by atoms with E-state index in [2.05, 4.69) is 19.2 Å². The van der Waals surface area contributed by atoms with Crippen LogP contribution in [0.25, 0.3) is 0 Å². The predicted octanol–water partition coefficient (Wildman–Crippen LogP) is 3.29. The zero-order valence-corrected chi connectivity index (χ0v) is 13.5. The van der Waals surface area contributed by atoms with Gasteiger partial charge in [0.2, 0.25) is 0 Å². The smallest absolute Gasteiger partial charge is 0.123 e. The van der Waals surface area contributed by atoms with E-state index in [4.69, 9.17) is 4.74 Å². The van der Waals surface area contributed by atoms with Gasteiger partial charge in [-0.1, -0.05) is 26.0 Å². The molecule has 0 aliphatic heterocycles. The van der Waals surface area contributed by atoms with Crippen LogP contribution in [-0.2, 0) is 4.74 Å². The number of aliphatic hydroxyl groups excluding tert-OH is 1. The standard InChI is InChI=1S/C17H28FNO2/c1-12(2)8-13(3)21-11-17(20)10-19-14(4)15-6-5-7-16(18)9-15/h5-7,9,12-14,17,19-20H,8,10-11H2,1-4H3/t13?,14-,17?/m1/s1. The van der Waals surface area contributed by atoms with Gasteiger partial charge in [0.1, 0.15) is 5.82 Å². The minimum absolute atomic E-state index is 0.0107. The fourth-order valence-corrected chi connectivity index (χ4v) is 2.27. The van der Waals surface area contributed by atoms with Gasteiger partial charge in [0.15, 0.2) is 0 Å². The van der Waals surface area contributed by atoms with Crippen LogP contribution in [0.2, 0.25) is 0 Å². The molecule has 21 heavy (non-hydrogen) atoms. The minimum atomic E-state index is -0.560. The van der Waals surface area contributed by atoms with E-state index in [0.29, 0.717) is 19.1 Å². The number of ether oxygens (including phenoxy) is 1. The predicted molar refractivity (Wildman–Crippen MR) is 83.7 cm³/mol. The number of aliphatic hydroxyl groups is 1. The van der Waals surface area contributed by atoms with E-state index in [1.807, 2.05) is 19.9 Å². The summed E-state index contributed by atoms with van der Waals surface area (Å²) in [4.78, 5) is 0. The number of hydrogen-bond acceptors (Lipinski definition) is 3. The third-order valence-corrected chi connectivity index (χ3v) is 3.38. The Hall–Kier alpha value is -0.970. The van der Waals surface area contributed by atoms with Crippen molar-refractivity contribution in [3.63, 3.8) is 0 Å². The first-order chi connectivity index (χ1) is 9.88. The first-order valence-electron chi connectivity index (χ1n) is 7.67. The van der Waals surface area contributed by atoms with Gasteiger partial charge >= 0.3 is 0 Å². The molecule has 1 rings (SSSR count). The fraction of sp³-hybridized carbons (Fsp3) is 0.647. The Labute approximate surface area is 127 Å². The van der Waals surface area contributed by atoms with Crippen LogP contribution in [-0.4, -0.2) is 30.5 Å². The monoisotopic (exact) mass is 297 g/mol. The summed E-state index contributed by atoms with van der Waals surface area (Å²) in [5.41, 5.74) is 0.872. The van der Waals surface area contributed by atoms with Crippen LogP contribution in [0.1, 0.15) is 45.7 Å². The Morgan fingerprint density at radius 2 is 1.95 bits per heavy atom. The van der Waals surface area contributed by atoms with Gasteiger partial charge in [-0.3, -0.25) is 0 Å². The maximum absolute atomic E-state index is 13.1. The molecule has 0 saturated heterocycles. The van der Waals surface area contributed by atoms with Gasteiger partial charge in [-0.05, 0) is 43.9 Å². The number of benzene rings is 1. The maximum atomic E-state index is 13.1. The molecular weight excluding hydrogens is 269 g/mol. The number of rotatable bonds is 9. The SMILES string of the molecule is CC(C)CC(C)OCC(O)CN[C@H](C)c1cccc(F)c1. The third-order valence-electron chi connectivity index (χ3n) is 3.38. The largest absolute Gasteiger partial charge is 0.389 e. The zero-order chi connectivity index (χ0) is 15.8. The molecule has 0 aromatic heterocycles. The molecule has 120 valence electrons. The van der Waals surface area contributed by atoms with E-state index in [-0.39, 0.29) is 18.0 Å². The number of nitrogens with one attached hydrogen (secondary N) is 1. The fourth-order valence-electron chi connectivity index (χ4n) is 2.27. The maximum Gasteiger partial charge on any atom is 0.123 e. The molecule has 0 amide bonds. The van der Waals surface area contributed by atoms with Crippen molar-refractivity contribution in [1.29, 1.82) is 0 Å². The van der Waals surface area contributed by atoms with Gasteiger partial charge < -0.3 is 15.2 Å². The molecule has 4 heteroatoms. The van der Waals surface area contributed by atoms with Crippen LogP contribution in [0.3, 0.4) is 0 Å². The zero-order valence-electron chi connectivity index (χ0n) is 13.5. The minimum Gasteiger partial charge on any atom is -0.389 e. The first-order valence-corrected chi connectivity index (χ1v) is 7.67. The van der Waals surface area contributed by atoms with Crippen molar-refractivity contribution < 1.29 is 14.2 Å². The number of hydrogen-bond donors (Lipinski definition) is 2. The van der Waals surface area contributed by atoms with Crippen molar-refractivity contribution in [2.75, 3.05) is 13.2 Å². The van der Waals surface area contributed by atoms with Crippen molar-refractivity contribution in [2.45, 2.75) is 52.4 Å². The van der Waals surface area contributed by atoms with Crippen molar-refractivity contribution >= 4 is 0 Å². The molecule has 2 N–H and O–H groups in total. The van der Waals surface area contributed by atoms with Gasteiger partial charge in [0.05, 0.1) is 18.8 Å². The molecule has 0 aliphatic carbocycles. The second kappa shape index (κ2) is 9.13. The lowest BCUT2D eigenvalue weighted by Crippen LogP contribution is -2.33. The van der Waals surface area contributed by atoms with Crippen molar-refractivity contribution in [1.82, 2.24) is 5.32 Å². The first kappa shape index (κ1) is 18.1. The molecule has 0 radical (unpaired) electrons. The van der Waals surface area contributed by atoms with Gasteiger partial charge in [0.25, 0.3) is 0 Å². The Kier molecular flexibility index (Phi) is 7.86. The second-order valence-electron chi connectivity index (χ2n) is 6.11. The molecule has 0 heterocycles. The summed E-state index contributed by atoms with van der Waals surface area (Å²) in [7, 11) is 0. The highest BCUT2D eigenvalue weighted by atomic mass is 19.1. The molecule has 0 bridgehead atoms. The third kappa shape index (κ3) is 7.55. The van der Waals surface area contributed by atoms with Crippen LogP contribution in [0, 0.1) is 11.7 Å². The molecule has 3 atom stereocenters. The summed E-state index contributed by atoms with van der Waals surface area (Å²) in [6.45, 7) is 9.01. The highest BCUT2D eigenvalue weighted by Crippen LogP contribution is 2.13. The molecule has 0 fully saturated rings. The Balaban J connectivity index is 2.27. The van der Waals surface area contributed by atoms with E-state index in [0.717, 1.165) is 12.0 Å². The van der Waals surface area contributed by atoms with Crippen molar-refractivity contribution in [2.24, 2.45) is 5.92 Å². The van der Waals surface area contributed by atoms with E-state index in [9.17, 15) is 9.50 Å². The quantitative estimate of drug-likeness (QED) is 0.735. The highest BCUT2D eigenvalue weighted by molar-refractivity contribution is 5.19. The molecule has 0 saturated carbocycles. The van der Waals surface area contributed by atoms with E-state index < -0.39 is 6.10 Å². The van der Waals surface area contributed by atoms with E-state index in [1.165, 1.54) is 12.1 Å². The second-order valence-corrected chi connectivity index (χ2v) is 6.11. The topological polar surface area (TPSA) is 41.5 Å². The van der Waals surface area contributed by atoms with Crippen molar-refractivity contribution in [3.8, 4) is 0 Å². The Morgan fingerprint density at radius 3 is 2.57 bits per heavy atom. The molecular formula is C17H28FNO2. The highest BCUT2D eigenvalue weighted by Gasteiger charge is 2.12. The molecule has 3 nitrogen and oxygen atoms in total. The van der Waals surface area contributed by atoms with E-state index >= 15 is 0 Å². The summed E-state index contributed by atoms with van der Waals surface area (Å²) in [5, 5.41) is 13.1. The molecule has 0 aliphatic rings. The van der Waals surface area contributed by atoms with E-state index in [1.54, 1.807) is 6.07 Å². The van der Waals surface area contributed by atoms with Crippen molar-refractivity contribution in [3.05, 3.63) is 35.6 Å². The van der Waals surface area contributed by atoms with Crippen LogP contribution in [0.15, 0.2) is 24.3 Å². The van der Waals surface area contributed by atoms with Crippen LogP contribution in [0.5, 0.6) is 0 Å². The summed E-state index contributed by atoms with van der Waals surface area (Å²) >= 11 is 0. The van der Waals surface area contributed by atoms with Crippen LogP contribution in [0.4, 0.5) is 4.39 Å². The molecule has 0 spiro atoms. The average Bonchev–Trinajstić information content (AvgIpc) is 2.41. The van der Waals surface area contributed by atoms with Crippen LogP contribution < -0.4 is 5.32 Å². The van der Waals surface area contributed by atoms with Gasteiger partial charge in [0, 0.05) is 12.6 Å². The lowest BCUT2D eigenvalue weighted by atomic mass is 10.1. The lowest BCUT2D eigenvalue weighted by molar-refractivity contribution is -0.00914. The van der Waals surface area contributed by atoms with Gasteiger partial charge in [-0.15, -0.1) is 0 Å². The summed E-state index contributed by atoms with van der Waals surface area (Å²) in [6.07, 6.45) is 0.579. The average molecular weight is 297 g/mol. The molecule has 2 unspecified atom stereocenters. The Morgan fingerprint density at radius 1 is 1.24 bits per heavy atom. The van der Waals surface area contributed by atoms with Crippen LogP contribution >= 0.6 is 0 Å². The van der Waals surface area contributed by atoms with Gasteiger partial charge in [-0.2, -0.15) is 0 Å². The normalized spacial score (nSPS) is 16.0. The number of halogens is 1. The molecule has 1 aromatic carbocycles. The summed E-state index contributed by atoms with van der Waals surface area (Å²) < 4.78 is 18.8. The lowest BCUT2D eigenvalue weighted by Gasteiger charge is -2.20. The Bertz CT molecular complexity index is 412. The van der Waals surface area contributed by atoms with Gasteiger partial charge in [-0.25, -0.2) is 4.39 Å². The summed E-state index contributed by atoms with van der Waals surface area (Å²) in [6, 6.07) is 6.48.